The Morgan fingerprint density at radius 3 is 1.82 bits per heavy atom. The summed E-state index contributed by atoms with van der Waals surface area (Å²) in [7, 11) is 0. The summed E-state index contributed by atoms with van der Waals surface area (Å²) in [6.07, 6.45) is 12.9. The summed E-state index contributed by atoms with van der Waals surface area (Å²) in [6.45, 7) is 4.68. The lowest BCUT2D eigenvalue weighted by Crippen LogP contribution is -2.17. The third kappa shape index (κ3) is 2.08. The summed E-state index contributed by atoms with van der Waals surface area (Å²) in [6, 6.07) is 0. The predicted octanol–water partition coefficient (Wildman–Crippen LogP) is 3.92. The van der Waals surface area contributed by atoms with Gasteiger partial charge in [-0.25, -0.2) is 0 Å². The fourth-order valence-corrected chi connectivity index (χ4v) is 2.10. The van der Waals surface area contributed by atoms with Crippen LogP contribution >= 0.6 is 0 Å². The van der Waals surface area contributed by atoms with Crippen LogP contribution in [-0.2, 0) is 0 Å². The number of allylic oxidation sites excluding steroid dienone is 2. The quantitative estimate of drug-likeness (QED) is 0.526. The average molecular weight is 152 g/mol. The van der Waals surface area contributed by atoms with Crippen molar-refractivity contribution in [3.05, 3.63) is 12.2 Å². The topological polar surface area (TPSA) is 0 Å². The van der Waals surface area contributed by atoms with E-state index in [0.717, 1.165) is 0 Å². The van der Waals surface area contributed by atoms with E-state index in [0.29, 0.717) is 5.41 Å². The molecule has 0 spiro atoms. The first-order valence-electron chi connectivity index (χ1n) is 4.98. The summed E-state index contributed by atoms with van der Waals surface area (Å²) in [5, 5.41) is 0. The van der Waals surface area contributed by atoms with E-state index in [1.807, 2.05) is 0 Å². The third-order valence-electron chi connectivity index (χ3n) is 3.35. The minimum atomic E-state index is 0.684. The summed E-state index contributed by atoms with van der Waals surface area (Å²) in [5.41, 5.74) is 0.684. The highest BCUT2D eigenvalue weighted by atomic mass is 14.3. The molecule has 0 saturated heterocycles. The van der Waals surface area contributed by atoms with Crippen molar-refractivity contribution in [1.29, 1.82) is 0 Å². The van der Waals surface area contributed by atoms with Gasteiger partial charge in [0.2, 0.25) is 0 Å². The molecule has 0 unspecified atom stereocenters. The van der Waals surface area contributed by atoms with E-state index >= 15 is 0 Å². The Kier molecular flexibility index (Phi) is 3.16. The van der Waals surface area contributed by atoms with Gasteiger partial charge < -0.3 is 0 Å². The lowest BCUT2D eigenvalue weighted by Gasteiger charge is -2.30. The van der Waals surface area contributed by atoms with Gasteiger partial charge >= 0.3 is 0 Å². The molecular weight excluding hydrogens is 132 g/mol. The molecule has 0 aliphatic heterocycles. The molecule has 0 heteroatoms. The highest BCUT2D eigenvalue weighted by molar-refractivity contribution is 4.92. The zero-order chi connectivity index (χ0) is 8.16. The molecule has 1 aliphatic carbocycles. The summed E-state index contributed by atoms with van der Waals surface area (Å²) in [4.78, 5) is 0. The molecule has 0 aromatic carbocycles. The van der Waals surface area contributed by atoms with Crippen LogP contribution in [0.25, 0.3) is 0 Å². The van der Waals surface area contributed by atoms with Crippen LogP contribution in [0.15, 0.2) is 12.2 Å². The van der Waals surface area contributed by atoms with Gasteiger partial charge in [-0.05, 0) is 31.1 Å². The van der Waals surface area contributed by atoms with Crippen LogP contribution < -0.4 is 0 Å². The van der Waals surface area contributed by atoms with Crippen molar-refractivity contribution in [3.63, 3.8) is 0 Å². The highest BCUT2D eigenvalue weighted by Crippen LogP contribution is 2.38. The van der Waals surface area contributed by atoms with Crippen LogP contribution in [0.1, 0.15) is 52.4 Å². The summed E-state index contributed by atoms with van der Waals surface area (Å²) in [5.74, 6) is 0. The van der Waals surface area contributed by atoms with Gasteiger partial charge in [-0.3, -0.25) is 0 Å². The van der Waals surface area contributed by atoms with Gasteiger partial charge in [-0.15, -0.1) is 0 Å². The van der Waals surface area contributed by atoms with Gasteiger partial charge in [0, 0.05) is 0 Å². The van der Waals surface area contributed by atoms with Crippen molar-refractivity contribution >= 4 is 0 Å². The second-order valence-corrected chi connectivity index (χ2v) is 3.76. The van der Waals surface area contributed by atoms with Crippen LogP contribution in [0.3, 0.4) is 0 Å². The molecule has 0 amide bonds. The van der Waals surface area contributed by atoms with Crippen molar-refractivity contribution in [2.45, 2.75) is 52.4 Å². The van der Waals surface area contributed by atoms with Crippen molar-refractivity contribution in [3.8, 4) is 0 Å². The van der Waals surface area contributed by atoms with E-state index in [-0.39, 0.29) is 0 Å². The molecule has 11 heavy (non-hydrogen) atoms. The molecule has 1 rings (SSSR count). The molecule has 0 atom stereocenters. The second-order valence-electron chi connectivity index (χ2n) is 3.76. The van der Waals surface area contributed by atoms with Gasteiger partial charge in [0.05, 0.1) is 0 Å². The molecule has 64 valence electrons. The first-order valence-corrected chi connectivity index (χ1v) is 4.98. The standard InChI is InChI=1S/C11H20/c1-3-11(4-2)9-7-5-6-8-10-11/h5-6H,3-4,7-10H2,1-2H3. The molecule has 0 heterocycles. The molecule has 0 nitrogen and oxygen atoms in total. The zero-order valence-corrected chi connectivity index (χ0v) is 7.90. The summed E-state index contributed by atoms with van der Waals surface area (Å²) >= 11 is 0. The third-order valence-corrected chi connectivity index (χ3v) is 3.35. The fraction of sp³-hybridized carbons (Fsp3) is 0.818. The van der Waals surface area contributed by atoms with Gasteiger partial charge in [-0.1, -0.05) is 38.8 Å². The Labute approximate surface area is 70.7 Å². The minimum absolute atomic E-state index is 0.684. The fourth-order valence-electron chi connectivity index (χ4n) is 2.10. The summed E-state index contributed by atoms with van der Waals surface area (Å²) < 4.78 is 0. The lowest BCUT2D eigenvalue weighted by molar-refractivity contribution is 0.226. The Morgan fingerprint density at radius 1 is 1.00 bits per heavy atom. The first kappa shape index (κ1) is 8.83. The maximum absolute atomic E-state index is 2.35. The van der Waals surface area contributed by atoms with Crippen LogP contribution in [0.5, 0.6) is 0 Å². The largest absolute Gasteiger partial charge is 0.0885 e. The minimum Gasteiger partial charge on any atom is -0.0885 e. The van der Waals surface area contributed by atoms with Crippen molar-refractivity contribution in [2.75, 3.05) is 0 Å². The van der Waals surface area contributed by atoms with E-state index in [1.54, 1.807) is 0 Å². The first-order chi connectivity index (χ1) is 5.33. The van der Waals surface area contributed by atoms with E-state index in [1.165, 1.54) is 38.5 Å². The number of hydrogen-bond donors (Lipinski definition) is 0. The van der Waals surface area contributed by atoms with Crippen molar-refractivity contribution in [1.82, 2.24) is 0 Å². The van der Waals surface area contributed by atoms with E-state index in [4.69, 9.17) is 0 Å². The van der Waals surface area contributed by atoms with E-state index in [2.05, 4.69) is 26.0 Å². The SMILES string of the molecule is CCC1(CC)CCC=CCC1. The van der Waals surface area contributed by atoms with Gasteiger partial charge in [-0.2, -0.15) is 0 Å². The van der Waals surface area contributed by atoms with Gasteiger partial charge in [0.25, 0.3) is 0 Å². The molecule has 0 bridgehead atoms. The van der Waals surface area contributed by atoms with Crippen LogP contribution in [0, 0.1) is 5.41 Å². The zero-order valence-electron chi connectivity index (χ0n) is 7.90. The Hall–Kier alpha value is -0.260. The van der Waals surface area contributed by atoms with E-state index in [9.17, 15) is 0 Å². The Balaban J connectivity index is 2.53. The van der Waals surface area contributed by atoms with Gasteiger partial charge in [0.1, 0.15) is 0 Å². The van der Waals surface area contributed by atoms with Crippen molar-refractivity contribution < 1.29 is 0 Å². The van der Waals surface area contributed by atoms with Crippen molar-refractivity contribution in [2.24, 2.45) is 5.41 Å². The maximum atomic E-state index is 2.35. The molecule has 0 fully saturated rings. The smallest absolute Gasteiger partial charge is 0.0297 e. The Bertz CT molecular complexity index is 117. The molecule has 0 aromatic heterocycles. The van der Waals surface area contributed by atoms with Crippen LogP contribution in [-0.4, -0.2) is 0 Å². The van der Waals surface area contributed by atoms with E-state index < -0.39 is 0 Å². The average Bonchev–Trinajstić information content (AvgIpc) is 2.30. The maximum Gasteiger partial charge on any atom is -0.0297 e. The lowest BCUT2D eigenvalue weighted by atomic mass is 9.76. The van der Waals surface area contributed by atoms with Crippen LogP contribution in [0.2, 0.25) is 0 Å². The number of hydrogen-bond acceptors (Lipinski definition) is 0. The molecule has 0 saturated carbocycles. The van der Waals surface area contributed by atoms with Gasteiger partial charge in [0.15, 0.2) is 0 Å². The molecule has 0 N–H and O–H groups in total. The normalized spacial score (nSPS) is 23.1. The molecule has 0 radical (unpaired) electrons. The molecular formula is C11H20. The highest BCUT2D eigenvalue weighted by Gasteiger charge is 2.24. The predicted molar refractivity (Wildman–Crippen MR) is 50.6 cm³/mol. The van der Waals surface area contributed by atoms with Crippen LogP contribution in [0.4, 0.5) is 0 Å². The second kappa shape index (κ2) is 3.94. The Morgan fingerprint density at radius 2 is 1.45 bits per heavy atom. The number of rotatable bonds is 2. The monoisotopic (exact) mass is 152 g/mol. The molecule has 0 aromatic rings. The molecule has 1 aliphatic rings.